The number of primary amides is 1. The van der Waals surface area contributed by atoms with Gasteiger partial charge in [-0.2, -0.15) is 0 Å². The predicted octanol–water partition coefficient (Wildman–Crippen LogP) is 0.401. The molecule has 3 aromatic rings. The normalized spacial score (nSPS) is 15.7. The van der Waals surface area contributed by atoms with Gasteiger partial charge in [-0.05, 0) is 62.4 Å². The summed E-state index contributed by atoms with van der Waals surface area (Å²) in [5.41, 5.74) is 16.4. The fraction of sp³-hybridized carbons (Fsp3) is 0.355. The van der Waals surface area contributed by atoms with Gasteiger partial charge < -0.3 is 37.6 Å². The number of nitrogens with one attached hydrogen (secondary N) is 3. The van der Waals surface area contributed by atoms with Gasteiger partial charge in [-0.3, -0.25) is 24.2 Å². The van der Waals surface area contributed by atoms with Gasteiger partial charge in [0.05, 0.1) is 12.1 Å². The fourth-order valence-electron chi connectivity index (χ4n) is 5.25. The summed E-state index contributed by atoms with van der Waals surface area (Å²) in [5.74, 6) is -2.39. The van der Waals surface area contributed by atoms with Crippen LogP contribution >= 0.6 is 0 Å². The summed E-state index contributed by atoms with van der Waals surface area (Å²) in [6.07, 6.45) is 2.07. The van der Waals surface area contributed by atoms with Crippen molar-refractivity contribution in [2.24, 2.45) is 22.2 Å². The lowest BCUT2D eigenvalue weighted by Gasteiger charge is -2.24. The highest BCUT2D eigenvalue weighted by Gasteiger charge is 2.32. The number of hydrogen-bond acceptors (Lipinski definition) is 8. The minimum absolute atomic E-state index is 0.0923. The lowest BCUT2D eigenvalue weighted by Crippen LogP contribution is -2.55. The van der Waals surface area contributed by atoms with Crippen molar-refractivity contribution in [1.29, 1.82) is 0 Å². The van der Waals surface area contributed by atoms with Gasteiger partial charge in [-0.1, -0.05) is 36.4 Å². The molecule has 4 rings (SSSR count). The Kier molecular flexibility index (Phi) is 10.5. The molecule has 2 heterocycles. The van der Waals surface area contributed by atoms with E-state index in [1.807, 2.05) is 30.3 Å². The SMILES string of the molecule is Cc1c(C(=O)[C@H](CCCN=C(N)N)NC(=O)[C@H](Cc2ccccc2)NC(=O)[C@@H]2CCCN2)c(=O)oc2cc(C(N)=O)ccc12. The largest absolute Gasteiger partial charge is 0.422 e. The Balaban J connectivity index is 1.65. The summed E-state index contributed by atoms with van der Waals surface area (Å²) in [7, 11) is 0. The van der Waals surface area contributed by atoms with Gasteiger partial charge in [-0.15, -0.1) is 0 Å². The standard InChI is InChI=1S/C31H37N7O6/c1-17-20-12-11-19(27(32)40)16-24(20)44-30(43)25(17)26(39)21(9-5-14-36-31(33)34)37-29(42)23(15-18-7-3-2-4-8-18)38-28(41)22-10-6-13-35-22/h2-4,7-8,11-12,16,21-23,35H,5-6,9-10,13-15H2,1H3,(H2,32,40)(H,37,42)(H,38,41)(H4,33,34,36)/t21-,22-,23-/m0/s1. The number of nitrogens with zero attached hydrogens (tertiary/aromatic N) is 1. The van der Waals surface area contributed by atoms with Crippen LogP contribution in [0.15, 0.2) is 62.7 Å². The van der Waals surface area contributed by atoms with E-state index in [4.69, 9.17) is 21.6 Å². The molecule has 1 saturated heterocycles. The van der Waals surface area contributed by atoms with E-state index >= 15 is 0 Å². The molecule has 3 amide bonds. The third kappa shape index (κ3) is 7.86. The molecule has 1 aliphatic rings. The molecule has 13 heteroatoms. The Hall–Kier alpha value is -5.04. The molecule has 0 radical (unpaired) electrons. The summed E-state index contributed by atoms with van der Waals surface area (Å²) in [6.45, 7) is 2.47. The highest BCUT2D eigenvalue weighted by Crippen LogP contribution is 2.22. The molecule has 1 aliphatic heterocycles. The molecule has 0 aliphatic carbocycles. The Morgan fingerprint density at radius 3 is 2.45 bits per heavy atom. The van der Waals surface area contributed by atoms with Gasteiger partial charge >= 0.3 is 5.63 Å². The number of aryl methyl sites for hydroxylation is 1. The van der Waals surface area contributed by atoms with Crippen molar-refractivity contribution in [2.45, 2.75) is 57.2 Å². The fourth-order valence-corrected chi connectivity index (χ4v) is 5.25. The molecule has 0 unspecified atom stereocenters. The number of fused-ring (bicyclic) bond motifs is 1. The van der Waals surface area contributed by atoms with E-state index in [-0.39, 0.29) is 48.0 Å². The summed E-state index contributed by atoms with van der Waals surface area (Å²) < 4.78 is 5.42. The van der Waals surface area contributed by atoms with Crippen LogP contribution in [0.25, 0.3) is 11.0 Å². The van der Waals surface area contributed by atoms with Crippen LogP contribution in [-0.2, 0) is 16.0 Å². The number of aliphatic imine (C=N–C) groups is 1. The van der Waals surface area contributed by atoms with Crippen LogP contribution in [0.5, 0.6) is 0 Å². The van der Waals surface area contributed by atoms with Gasteiger partial charge in [0, 0.05) is 23.9 Å². The Morgan fingerprint density at radius 1 is 1.05 bits per heavy atom. The number of ketones is 1. The molecule has 13 nitrogen and oxygen atoms in total. The van der Waals surface area contributed by atoms with Crippen molar-refractivity contribution < 1.29 is 23.6 Å². The maximum absolute atomic E-state index is 13.9. The molecule has 0 bridgehead atoms. The molecular weight excluding hydrogens is 566 g/mol. The molecule has 3 atom stereocenters. The monoisotopic (exact) mass is 603 g/mol. The Labute approximate surface area is 253 Å². The van der Waals surface area contributed by atoms with Crippen LogP contribution in [0.4, 0.5) is 0 Å². The zero-order chi connectivity index (χ0) is 31.8. The first kappa shape index (κ1) is 31.9. The second kappa shape index (κ2) is 14.4. The number of benzene rings is 2. The average Bonchev–Trinajstić information content (AvgIpc) is 3.54. The highest BCUT2D eigenvalue weighted by atomic mass is 16.4. The lowest BCUT2D eigenvalue weighted by molar-refractivity contribution is -0.130. The van der Waals surface area contributed by atoms with E-state index in [9.17, 15) is 24.0 Å². The molecule has 2 aromatic carbocycles. The topological polar surface area (TPSA) is 225 Å². The van der Waals surface area contributed by atoms with E-state index in [0.29, 0.717) is 30.3 Å². The van der Waals surface area contributed by atoms with Gasteiger partial charge in [0.15, 0.2) is 11.7 Å². The summed E-state index contributed by atoms with van der Waals surface area (Å²) in [5, 5.41) is 9.16. The zero-order valence-corrected chi connectivity index (χ0v) is 24.4. The van der Waals surface area contributed by atoms with Crippen LogP contribution in [-0.4, -0.2) is 60.7 Å². The number of hydrogen-bond donors (Lipinski definition) is 6. The van der Waals surface area contributed by atoms with Crippen molar-refractivity contribution in [3.8, 4) is 0 Å². The van der Waals surface area contributed by atoms with E-state index in [0.717, 1.165) is 12.0 Å². The molecule has 232 valence electrons. The number of rotatable bonds is 13. The van der Waals surface area contributed by atoms with Crippen LogP contribution < -0.4 is 38.8 Å². The number of amides is 3. The van der Waals surface area contributed by atoms with Crippen molar-refractivity contribution in [3.05, 3.63) is 81.2 Å². The maximum Gasteiger partial charge on any atom is 0.347 e. The van der Waals surface area contributed by atoms with Crippen LogP contribution in [0.1, 0.15) is 57.5 Å². The maximum atomic E-state index is 13.9. The highest BCUT2D eigenvalue weighted by molar-refractivity contribution is 6.06. The quantitative estimate of drug-likeness (QED) is 0.0522. The van der Waals surface area contributed by atoms with Crippen LogP contribution in [0.3, 0.4) is 0 Å². The van der Waals surface area contributed by atoms with Crippen molar-refractivity contribution in [3.63, 3.8) is 0 Å². The van der Waals surface area contributed by atoms with E-state index in [1.54, 1.807) is 13.0 Å². The minimum atomic E-state index is -1.17. The average molecular weight is 604 g/mol. The van der Waals surface area contributed by atoms with Gasteiger partial charge in [-0.25, -0.2) is 4.79 Å². The second-order valence-electron chi connectivity index (χ2n) is 10.7. The van der Waals surface area contributed by atoms with Crippen molar-refractivity contribution in [2.75, 3.05) is 13.1 Å². The first-order chi connectivity index (χ1) is 21.0. The number of nitrogens with two attached hydrogens (primary N) is 3. The number of carbonyl (C=O) groups is 4. The molecular formula is C31H37N7O6. The summed E-state index contributed by atoms with van der Waals surface area (Å²) >= 11 is 0. The molecule has 1 aromatic heterocycles. The smallest absolute Gasteiger partial charge is 0.347 e. The first-order valence-corrected chi connectivity index (χ1v) is 14.4. The number of Topliss-reactive ketones (excluding diaryl/α,β-unsaturated/α-hetero) is 1. The summed E-state index contributed by atoms with van der Waals surface area (Å²) in [4.78, 5) is 69.4. The Bertz CT molecular complexity index is 1630. The zero-order valence-electron chi connectivity index (χ0n) is 24.4. The van der Waals surface area contributed by atoms with E-state index in [1.165, 1.54) is 12.1 Å². The van der Waals surface area contributed by atoms with Crippen LogP contribution in [0, 0.1) is 6.92 Å². The molecule has 1 fully saturated rings. The number of guanidine groups is 1. The van der Waals surface area contributed by atoms with Crippen molar-refractivity contribution in [1.82, 2.24) is 16.0 Å². The third-order valence-electron chi connectivity index (χ3n) is 7.57. The summed E-state index contributed by atoms with van der Waals surface area (Å²) in [6, 6.07) is 10.9. The first-order valence-electron chi connectivity index (χ1n) is 14.4. The molecule has 9 N–H and O–H groups in total. The number of carbonyl (C=O) groups excluding carboxylic acids is 4. The lowest BCUT2D eigenvalue weighted by atomic mass is 9.95. The van der Waals surface area contributed by atoms with E-state index < -0.39 is 41.3 Å². The minimum Gasteiger partial charge on any atom is -0.422 e. The van der Waals surface area contributed by atoms with Crippen LogP contribution in [0.2, 0.25) is 0 Å². The molecule has 0 spiro atoms. The molecule has 44 heavy (non-hydrogen) atoms. The van der Waals surface area contributed by atoms with Crippen molar-refractivity contribution >= 4 is 40.4 Å². The Morgan fingerprint density at radius 2 is 1.80 bits per heavy atom. The van der Waals surface area contributed by atoms with Gasteiger partial charge in [0.1, 0.15) is 17.2 Å². The van der Waals surface area contributed by atoms with E-state index in [2.05, 4.69) is 20.9 Å². The van der Waals surface area contributed by atoms with Gasteiger partial charge in [0.25, 0.3) is 0 Å². The van der Waals surface area contributed by atoms with Gasteiger partial charge in [0.2, 0.25) is 17.7 Å². The molecule has 0 saturated carbocycles. The third-order valence-corrected chi connectivity index (χ3v) is 7.57. The second-order valence-corrected chi connectivity index (χ2v) is 10.7. The predicted molar refractivity (Wildman–Crippen MR) is 165 cm³/mol.